The maximum absolute atomic E-state index is 12.9. The topological polar surface area (TPSA) is 88.1 Å². The summed E-state index contributed by atoms with van der Waals surface area (Å²) in [6.45, 7) is 1.78. The van der Waals surface area contributed by atoms with Crippen molar-refractivity contribution in [3.63, 3.8) is 0 Å². The predicted molar refractivity (Wildman–Crippen MR) is 135 cm³/mol. The van der Waals surface area contributed by atoms with Gasteiger partial charge in [0, 0.05) is 0 Å². The van der Waals surface area contributed by atoms with Gasteiger partial charge < -0.3 is 18.9 Å². The largest absolute Gasteiger partial charge is 0.453 e. The molecule has 0 spiro atoms. The van der Waals surface area contributed by atoms with Gasteiger partial charge in [-0.05, 0) is 43.3 Å². The zero-order valence-corrected chi connectivity index (χ0v) is 20.9. The number of hydrogen-bond donors (Lipinski definition) is 0. The highest BCUT2D eigenvalue weighted by Crippen LogP contribution is 2.33. The molecule has 1 fully saturated rings. The zero-order chi connectivity index (χ0) is 24.8. The number of carbonyl (C=O) groups excluding carboxylic acids is 3. The van der Waals surface area contributed by atoms with Crippen LogP contribution in [0.4, 0.5) is 0 Å². The smallest absolute Gasteiger partial charge is 0.340 e. The molecule has 1 saturated heterocycles. The highest BCUT2D eigenvalue weighted by atomic mass is 127. The van der Waals surface area contributed by atoms with E-state index in [0.29, 0.717) is 16.7 Å². The normalized spacial score (nSPS) is 23.7. The van der Waals surface area contributed by atoms with E-state index in [1.165, 1.54) is 0 Å². The molecule has 1 aliphatic heterocycles. The van der Waals surface area contributed by atoms with Crippen LogP contribution >= 0.6 is 22.6 Å². The third-order valence-corrected chi connectivity index (χ3v) is 7.16. The fourth-order valence-corrected chi connectivity index (χ4v) is 4.32. The Morgan fingerprint density at radius 1 is 0.629 bits per heavy atom. The molecule has 35 heavy (non-hydrogen) atoms. The molecule has 0 amide bonds. The van der Waals surface area contributed by atoms with Gasteiger partial charge in [0.15, 0.2) is 6.10 Å². The maximum Gasteiger partial charge on any atom is 0.340 e. The zero-order valence-electron chi connectivity index (χ0n) is 18.8. The van der Waals surface area contributed by atoms with Crippen LogP contribution in [0.3, 0.4) is 0 Å². The quantitative estimate of drug-likeness (QED) is 0.177. The van der Waals surface area contributed by atoms with Gasteiger partial charge in [0.25, 0.3) is 0 Å². The molecule has 0 unspecified atom stereocenters. The number of halogens is 1. The minimum absolute atomic E-state index is 0.303. The number of rotatable bonds is 6. The monoisotopic (exact) mass is 586 g/mol. The number of carbonyl (C=O) groups is 3. The molecule has 3 aromatic carbocycles. The fourth-order valence-electron chi connectivity index (χ4n) is 3.60. The molecule has 7 nitrogen and oxygen atoms in total. The average molecular weight is 586 g/mol. The van der Waals surface area contributed by atoms with Crippen LogP contribution in [0.1, 0.15) is 38.0 Å². The third-order valence-electron chi connectivity index (χ3n) is 5.44. The van der Waals surface area contributed by atoms with Crippen LogP contribution in [-0.4, -0.2) is 46.4 Å². The summed E-state index contributed by atoms with van der Waals surface area (Å²) < 4.78 is 22.8. The lowest BCUT2D eigenvalue weighted by Crippen LogP contribution is -2.58. The van der Waals surface area contributed by atoms with Crippen molar-refractivity contribution in [2.45, 2.75) is 35.5 Å². The summed E-state index contributed by atoms with van der Waals surface area (Å²) in [5.74, 6) is -1.89. The molecule has 0 N–H and O–H groups in total. The first-order valence-electron chi connectivity index (χ1n) is 11.0. The molecule has 0 bridgehead atoms. The van der Waals surface area contributed by atoms with Crippen molar-refractivity contribution in [2.24, 2.45) is 0 Å². The van der Waals surface area contributed by atoms with Crippen molar-refractivity contribution < 1.29 is 33.3 Å². The van der Waals surface area contributed by atoms with Crippen LogP contribution < -0.4 is 0 Å². The van der Waals surface area contributed by atoms with E-state index in [0.717, 1.165) is 0 Å². The highest BCUT2D eigenvalue weighted by Gasteiger charge is 2.50. The molecule has 8 heteroatoms. The van der Waals surface area contributed by atoms with E-state index in [9.17, 15) is 14.4 Å². The molecule has 1 aliphatic rings. The van der Waals surface area contributed by atoms with Crippen molar-refractivity contribution in [1.82, 2.24) is 0 Å². The second-order valence-electron chi connectivity index (χ2n) is 7.90. The Labute approximate surface area is 216 Å². The summed E-state index contributed by atoms with van der Waals surface area (Å²) in [6.07, 6.45) is -3.89. The first-order valence-corrected chi connectivity index (χ1v) is 12.3. The van der Waals surface area contributed by atoms with Crippen LogP contribution in [-0.2, 0) is 18.9 Å². The molecule has 5 atom stereocenters. The van der Waals surface area contributed by atoms with Crippen molar-refractivity contribution in [3.05, 3.63) is 108 Å². The van der Waals surface area contributed by atoms with E-state index in [1.807, 2.05) is 0 Å². The second-order valence-corrected chi connectivity index (χ2v) is 9.34. The van der Waals surface area contributed by atoms with Gasteiger partial charge >= 0.3 is 17.9 Å². The lowest BCUT2D eigenvalue weighted by Gasteiger charge is -2.42. The minimum atomic E-state index is -1.29. The summed E-state index contributed by atoms with van der Waals surface area (Å²) in [4.78, 5) is 38.6. The molecule has 180 valence electrons. The minimum Gasteiger partial charge on any atom is -0.453 e. The van der Waals surface area contributed by atoms with Crippen LogP contribution in [0.5, 0.6) is 0 Å². The van der Waals surface area contributed by atoms with Gasteiger partial charge in [0.05, 0.1) is 26.7 Å². The molecule has 0 aliphatic carbocycles. The second kappa shape index (κ2) is 11.5. The van der Waals surface area contributed by atoms with Crippen molar-refractivity contribution >= 4 is 40.5 Å². The van der Waals surface area contributed by atoms with Gasteiger partial charge in [-0.3, -0.25) is 0 Å². The van der Waals surface area contributed by atoms with Gasteiger partial charge in [-0.25, -0.2) is 14.4 Å². The first-order chi connectivity index (χ1) is 16.9. The Hall–Kier alpha value is -3.24. The van der Waals surface area contributed by atoms with Crippen molar-refractivity contribution in [3.8, 4) is 0 Å². The third kappa shape index (κ3) is 6.07. The first kappa shape index (κ1) is 24.9. The van der Waals surface area contributed by atoms with Gasteiger partial charge in [0.2, 0.25) is 12.4 Å². The van der Waals surface area contributed by atoms with E-state index in [1.54, 1.807) is 97.9 Å². The lowest BCUT2D eigenvalue weighted by molar-refractivity contribution is -0.236. The SMILES string of the molecule is C[C@H]1O[C@@H](OC(=O)c2ccccc2)[C@@H](OC(=O)c2ccccc2)[C@@H](OC(=O)c2ccccc2)[C@H]1I. The summed E-state index contributed by atoms with van der Waals surface area (Å²) in [7, 11) is 0. The predicted octanol–water partition coefficient (Wildman–Crippen LogP) is 4.84. The Bertz CT molecular complexity index is 1150. The highest BCUT2D eigenvalue weighted by molar-refractivity contribution is 14.1. The maximum atomic E-state index is 12.9. The van der Waals surface area contributed by atoms with Gasteiger partial charge in [-0.1, -0.05) is 77.2 Å². The molecule has 0 radical (unpaired) electrons. The molecule has 4 rings (SSSR count). The lowest BCUT2D eigenvalue weighted by atomic mass is 10.0. The Morgan fingerprint density at radius 2 is 1.00 bits per heavy atom. The number of hydrogen-bond acceptors (Lipinski definition) is 7. The molecule has 1 heterocycles. The summed E-state index contributed by atoms with van der Waals surface area (Å²) >= 11 is 2.10. The summed E-state index contributed by atoms with van der Waals surface area (Å²) in [5, 5.41) is 0. The van der Waals surface area contributed by atoms with E-state index >= 15 is 0 Å². The van der Waals surface area contributed by atoms with Crippen molar-refractivity contribution in [1.29, 1.82) is 0 Å². The molecule has 3 aromatic rings. The molecule has 0 aromatic heterocycles. The number of benzene rings is 3. The fraction of sp³-hybridized carbons (Fsp3) is 0.222. The van der Waals surface area contributed by atoms with E-state index in [2.05, 4.69) is 22.6 Å². The molecule has 0 saturated carbocycles. The molecular formula is C27H23IO7. The van der Waals surface area contributed by atoms with Gasteiger partial charge in [-0.15, -0.1) is 0 Å². The Kier molecular flexibility index (Phi) is 8.14. The Balaban J connectivity index is 1.63. The van der Waals surface area contributed by atoms with Crippen LogP contribution in [0.2, 0.25) is 0 Å². The Morgan fingerprint density at radius 3 is 1.43 bits per heavy atom. The standard InChI is InChI=1S/C27H23IO7/c1-17-21(28)22(33-24(29)18-11-5-2-6-12-18)23(34-25(30)19-13-7-3-8-14-19)27(32-17)35-26(31)20-15-9-4-10-16-20/h2-17,21-23,27H,1H3/t17-,21+,22+,23+,27+/m1/s1. The van der Waals surface area contributed by atoms with Crippen LogP contribution in [0, 0.1) is 0 Å². The average Bonchev–Trinajstić information content (AvgIpc) is 2.90. The van der Waals surface area contributed by atoms with Crippen LogP contribution in [0.15, 0.2) is 91.0 Å². The number of esters is 3. The molecular weight excluding hydrogens is 563 g/mol. The van der Waals surface area contributed by atoms with Gasteiger partial charge in [0.1, 0.15) is 0 Å². The number of ether oxygens (including phenoxy) is 4. The van der Waals surface area contributed by atoms with E-state index in [-0.39, 0.29) is 3.92 Å². The van der Waals surface area contributed by atoms with Crippen LogP contribution in [0.25, 0.3) is 0 Å². The van der Waals surface area contributed by atoms with E-state index < -0.39 is 42.5 Å². The summed E-state index contributed by atoms with van der Waals surface area (Å²) in [5.41, 5.74) is 0.963. The van der Waals surface area contributed by atoms with Crippen molar-refractivity contribution in [2.75, 3.05) is 0 Å². The number of alkyl halides is 1. The summed E-state index contributed by atoms with van der Waals surface area (Å²) in [6, 6.07) is 25.3. The van der Waals surface area contributed by atoms with Gasteiger partial charge in [-0.2, -0.15) is 0 Å². The van der Waals surface area contributed by atoms with E-state index in [4.69, 9.17) is 18.9 Å².